The molecule has 2 aromatic rings. The third kappa shape index (κ3) is 5.49. The van der Waals surface area contributed by atoms with Crippen molar-refractivity contribution in [3.8, 4) is 0 Å². The third-order valence-electron chi connectivity index (χ3n) is 4.41. The fraction of sp³-hybridized carbons (Fsp3) is 0.421. The Kier molecular flexibility index (Phi) is 6.79. The highest BCUT2D eigenvalue weighted by atomic mass is 35.5. The first-order chi connectivity index (χ1) is 13.0. The number of nitrogens with one attached hydrogen (secondary N) is 2. The molecule has 144 valence electrons. The van der Waals surface area contributed by atoms with E-state index >= 15 is 0 Å². The Morgan fingerprint density at radius 3 is 2.74 bits per heavy atom. The minimum atomic E-state index is -0.506. The van der Waals surface area contributed by atoms with Crippen molar-refractivity contribution in [2.24, 2.45) is 0 Å². The average molecular weight is 410 g/mol. The molecule has 5 nitrogen and oxygen atoms in total. The van der Waals surface area contributed by atoms with Gasteiger partial charge >= 0.3 is 0 Å². The zero-order valence-electron chi connectivity index (χ0n) is 14.8. The van der Waals surface area contributed by atoms with Crippen LogP contribution in [0.2, 0.25) is 5.02 Å². The smallest absolute Gasteiger partial charge is 0.252 e. The van der Waals surface area contributed by atoms with Gasteiger partial charge in [-0.1, -0.05) is 24.4 Å². The van der Waals surface area contributed by atoms with Gasteiger partial charge in [-0.2, -0.15) is 0 Å². The first-order valence-electron chi connectivity index (χ1n) is 9.04. The van der Waals surface area contributed by atoms with E-state index in [1.807, 2.05) is 0 Å². The van der Waals surface area contributed by atoms with Gasteiger partial charge in [0.2, 0.25) is 5.91 Å². The van der Waals surface area contributed by atoms with Crippen LogP contribution in [0.25, 0.3) is 0 Å². The fourth-order valence-corrected chi connectivity index (χ4v) is 4.32. The van der Waals surface area contributed by atoms with Crippen LogP contribution in [0.5, 0.6) is 0 Å². The van der Waals surface area contributed by atoms with Crippen molar-refractivity contribution in [2.45, 2.75) is 44.9 Å². The van der Waals surface area contributed by atoms with Crippen LogP contribution in [0.15, 0.2) is 18.2 Å². The van der Waals surface area contributed by atoms with Crippen molar-refractivity contribution in [1.29, 1.82) is 0 Å². The molecule has 3 rings (SSSR count). The number of benzene rings is 1. The molecule has 0 saturated carbocycles. The summed E-state index contributed by atoms with van der Waals surface area (Å²) in [5, 5.41) is 6.10. The van der Waals surface area contributed by atoms with Gasteiger partial charge in [-0.15, -0.1) is 11.3 Å². The number of thiazole rings is 1. The van der Waals surface area contributed by atoms with E-state index in [9.17, 15) is 14.0 Å². The molecule has 1 aromatic heterocycles. The maximum Gasteiger partial charge on any atom is 0.252 e. The van der Waals surface area contributed by atoms with Gasteiger partial charge in [0.15, 0.2) is 5.13 Å². The highest BCUT2D eigenvalue weighted by Crippen LogP contribution is 2.28. The van der Waals surface area contributed by atoms with Gasteiger partial charge in [0.05, 0.1) is 16.3 Å². The highest BCUT2D eigenvalue weighted by Gasteiger charge is 2.15. The van der Waals surface area contributed by atoms with Crippen LogP contribution in [-0.2, 0) is 17.6 Å². The van der Waals surface area contributed by atoms with Gasteiger partial charge in [-0.05, 0) is 43.9 Å². The van der Waals surface area contributed by atoms with E-state index in [0.717, 1.165) is 31.0 Å². The Labute approximate surface area is 166 Å². The van der Waals surface area contributed by atoms with E-state index in [1.54, 1.807) is 11.3 Å². The summed E-state index contributed by atoms with van der Waals surface area (Å²) >= 11 is 7.40. The predicted octanol–water partition coefficient (Wildman–Crippen LogP) is 4.35. The molecule has 1 heterocycles. The van der Waals surface area contributed by atoms with Crippen molar-refractivity contribution >= 4 is 39.9 Å². The van der Waals surface area contributed by atoms with Gasteiger partial charge in [0.25, 0.3) is 5.91 Å². The lowest BCUT2D eigenvalue weighted by Gasteiger charge is -2.06. The number of hydrogen-bond donors (Lipinski definition) is 2. The van der Waals surface area contributed by atoms with Crippen molar-refractivity contribution in [3.63, 3.8) is 0 Å². The molecule has 0 bridgehead atoms. The van der Waals surface area contributed by atoms with E-state index in [0.29, 0.717) is 5.13 Å². The normalized spacial score (nSPS) is 14.0. The molecule has 1 aromatic carbocycles. The van der Waals surface area contributed by atoms with Crippen LogP contribution >= 0.6 is 22.9 Å². The molecule has 0 atom stereocenters. The van der Waals surface area contributed by atoms with Crippen LogP contribution in [-0.4, -0.2) is 23.3 Å². The molecule has 2 N–H and O–H groups in total. The lowest BCUT2D eigenvalue weighted by atomic mass is 10.0. The van der Waals surface area contributed by atoms with Crippen LogP contribution in [0.3, 0.4) is 0 Å². The van der Waals surface area contributed by atoms with Crippen molar-refractivity contribution < 1.29 is 14.0 Å². The Morgan fingerprint density at radius 2 is 1.96 bits per heavy atom. The van der Waals surface area contributed by atoms with Crippen LogP contribution in [0, 0.1) is 5.82 Å². The molecule has 8 heteroatoms. The second-order valence-corrected chi connectivity index (χ2v) is 7.97. The number of halogens is 2. The van der Waals surface area contributed by atoms with E-state index < -0.39 is 11.7 Å². The number of anilines is 1. The number of carbonyl (C=O) groups is 2. The third-order valence-corrected chi connectivity index (χ3v) is 5.79. The lowest BCUT2D eigenvalue weighted by Crippen LogP contribution is -2.27. The largest absolute Gasteiger partial charge is 0.351 e. The lowest BCUT2D eigenvalue weighted by molar-refractivity contribution is -0.116. The first-order valence-corrected chi connectivity index (χ1v) is 10.2. The quantitative estimate of drug-likeness (QED) is 0.771. The second kappa shape index (κ2) is 9.28. The summed E-state index contributed by atoms with van der Waals surface area (Å²) in [6, 6.07) is 3.57. The van der Waals surface area contributed by atoms with Crippen LogP contribution < -0.4 is 10.6 Å². The van der Waals surface area contributed by atoms with Crippen molar-refractivity contribution in [2.75, 3.05) is 11.9 Å². The number of hydrogen-bond acceptors (Lipinski definition) is 4. The molecule has 27 heavy (non-hydrogen) atoms. The molecule has 0 spiro atoms. The minimum absolute atomic E-state index is 0.0390. The van der Waals surface area contributed by atoms with Gasteiger partial charge in [-0.3, -0.25) is 9.59 Å². The zero-order valence-corrected chi connectivity index (χ0v) is 16.4. The highest BCUT2D eigenvalue weighted by molar-refractivity contribution is 7.15. The van der Waals surface area contributed by atoms with Gasteiger partial charge in [0, 0.05) is 17.8 Å². The molecule has 1 aliphatic rings. The van der Waals surface area contributed by atoms with Crippen molar-refractivity contribution in [1.82, 2.24) is 10.3 Å². The number of carbonyl (C=O) groups excluding carboxylic acids is 2. The molecule has 0 radical (unpaired) electrons. The van der Waals surface area contributed by atoms with Crippen LogP contribution in [0.4, 0.5) is 9.52 Å². The molecule has 0 aliphatic heterocycles. The molecule has 0 unspecified atom stereocenters. The maximum atomic E-state index is 13.0. The number of rotatable bonds is 5. The number of nitrogens with zero attached hydrogens (tertiary/aromatic N) is 1. The van der Waals surface area contributed by atoms with E-state index in [1.165, 1.54) is 36.3 Å². The maximum absolute atomic E-state index is 13.0. The van der Waals surface area contributed by atoms with Crippen LogP contribution in [0.1, 0.15) is 53.0 Å². The first kappa shape index (κ1) is 19.8. The molecular formula is C19H21ClFN3O2S. The number of amides is 2. The van der Waals surface area contributed by atoms with Crippen molar-refractivity contribution in [3.05, 3.63) is 45.2 Å². The fourth-order valence-electron chi connectivity index (χ4n) is 3.00. The predicted molar refractivity (Wildman–Crippen MR) is 105 cm³/mol. The standard InChI is InChI=1S/C19H21ClFN3O2S/c20-14-11-12(21)7-8-13(14)18(26)22-10-9-17(25)24-19-23-15-5-3-1-2-4-6-16(15)27-19/h7-8,11H,1-6,9-10H2,(H,22,26)(H,23,24,25). The summed E-state index contributed by atoms with van der Waals surface area (Å²) in [6.07, 6.45) is 6.90. The summed E-state index contributed by atoms with van der Waals surface area (Å²) in [7, 11) is 0. The zero-order chi connectivity index (χ0) is 19.2. The average Bonchev–Trinajstić information content (AvgIpc) is 2.95. The summed E-state index contributed by atoms with van der Waals surface area (Å²) < 4.78 is 13.0. The Bertz CT molecular complexity index is 815. The summed E-state index contributed by atoms with van der Waals surface area (Å²) in [5.74, 6) is -1.15. The summed E-state index contributed by atoms with van der Waals surface area (Å²) in [6.45, 7) is 0.156. The molecule has 0 saturated heterocycles. The van der Waals surface area contributed by atoms with E-state index in [2.05, 4.69) is 15.6 Å². The number of fused-ring (bicyclic) bond motifs is 1. The second-order valence-electron chi connectivity index (χ2n) is 6.48. The summed E-state index contributed by atoms with van der Waals surface area (Å²) in [4.78, 5) is 30.0. The minimum Gasteiger partial charge on any atom is -0.351 e. The Morgan fingerprint density at radius 1 is 1.19 bits per heavy atom. The van der Waals surface area contributed by atoms with E-state index in [-0.39, 0.29) is 29.5 Å². The van der Waals surface area contributed by atoms with Gasteiger partial charge < -0.3 is 10.6 Å². The Hall–Kier alpha value is -1.99. The number of aromatic nitrogens is 1. The molecular weight excluding hydrogens is 389 g/mol. The number of aryl methyl sites for hydroxylation is 2. The topological polar surface area (TPSA) is 71.1 Å². The Balaban J connectivity index is 1.48. The molecule has 2 amide bonds. The monoisotopic (exact) mass is 409 g/mol. The SMILES string of the molecule is O=C(CCNC(=O)c1ccc(F)cc1Cl)Nc1nc2c(s1)CCCCCC2. The molecule has 0 fully saturated rings. The summed E-state index contributed by atoms with van der Waals surface area (Å²) in [5.41, 5.74) is 1.28. The molecule has 1 aliphatic carbocycles. The van der Waals surface area contributed by atoms with E-state index in [4.69, 9.17) is 11.6 Å². The van der Waals surface area contributed by atoms with Gasteiger partial charge in [0.1, 0.15) is 5.82 Å². The van der Waals surface area contributed by atoms with Gasteiger partial charge in [-0.25, -0.2) is 9.37 Å².